The summed E-state index contributed by atoms with van der Waals surface area (Å²) in [5.74, 6) is 2.78. The summed E-state index contributed by atoms with van der Waals surface area (Å²) in [4.78, 5) is 8.81. The molecule has 5 nitrogen and oxygen atoms in total. The molecule has 2 atom stereocenters. The van der Waals surface area contributed by atoms with Gasteiger partial charge in [-0.05, 0) is 18.8 Å². The highest BCUT2D eigenvalue weighted by atomic mass is 32.2. The van der Waals surface area contributed by atoms with E-state index in [9.17, 15) is 0 Å². The summed E-state index contributed by atoms with van der Waals surface area (Å²) < 4.78 is 1.72. The Bertz CT molecular complexity index is 483. The van der Waals surface area contributed by atoms with Gasteiger partial charge in [0, 0.05) is 18.3 Å². The smallest absolute Gasteiger partial charge is 0.172 e. The predicted octanol–water partition coefficient (Wildman–Crippen LogP) is 1.96. The molecule has 1 N–H and O–H groups in total. The zero-order valence-corrected chi connectivity index (χ0v) is 12.4. The number of aliphatic imine (C=N–C) groups is 1. The minimum atomic E-state index is 0.304. The van der Waals surface area contributed by atoms with E-state index in [1.54, 1.807) is 11.0 Å². The van der Waals surface area contributed by atoms with Crippen LogP contribution in [0.4, 0.5) is 0 Å². The number of rotatable bonds is 2. The van der Waals surface area contributed by atoms with Crippen molar-refractivity contribution in [3.8, 4) is 0 Å². The van der Waals surface area contributed by atoms with Crippen LogP contribution in [0.15, 0.2) is 11.3 Å². The Morgan fingerprint density at radius 3 is 3.26 bits per heavy atom. The number of aromatic nitrogens is 3. The lowest BCUT2D eigenvalue weighted by Gasteiger charge is -2.36. The van der Waals surface area contributed by atoms with Crippen molar-refractivity contribution in [2.45, 2.75) is 44.7 Å². The largest absolute Gasteiger partial charge is 0.359 e. The molecule has 1 aliphatic carbocycles. The minimum Gasteiger partial charge on any atom is -0.359 e. The zero-order valence-electron chi connectivity index (χ0n) is 11.6. The summed E-state index contributed by atoms with van der Waals surface area (Å²) in [6.45, 7) is 2.93. The van der Waals surface area contributed by atoms with Crippen LogP contribution in [-0.4, -0.2) is 31.2 Å². The Morgan fingerprint density at radius 1 is 1.63 bits per heavy atom. The molecule has 1 aromatic heterocycles. The van der Waals surface area contributed by atoms with Gasteiger partial charge in [0.05, 0.1) is 0 Å². The summed E-state index contributed by atoms with van der Waals surface area (Å²) in [7, 11) is 1.88. The molecule has 2 aliphatic rings. The minimum absolute atomic E-state index is 0.304. The number of nitrogens with one attached hydrogen (secondary N) is 1. The van der Waals surface area contributed by atoms with Crippen LogP contribution in [0.5, 0.6) is 0 Å². The first-order chi connectivity index (χ1) is 9.15. The molecule has 1 saturated heterocycles. The van der Waals surface area contributed by atoms with Gasteiger partial charge in [0.1, 0.15) is 12.9 Å². The van der Waals surface area contributed by atoms with E-state index < -0.39 is 0 Å². The Balaban J connectivity index is 1.62. The fourth-order valence-corrected chi connectivity index (χ4v) is 4.29. The maximum Gasteiger partial charge on any atom is 0.172 e. The molecule has 2 unspecified atom stereocenters. The van der Waals surface area contributed by atoms with Crippen LogP contribution in [0.3, 0.4) is 0 Å². The van der Waals surface area contributed by atoms with Crippen LogP contribution >= 0.6 is 11.8 Å². The second kappa shape index (κ2) is 5.15. The molecule has 104 valence electrons. The zero-order chi connectivity index (χ0) is 13.3. The van der Waals surface area contributed by atoms with E-state index in [1.165, 1.54) is 25.7 Å². The molecule has 0 radical (unpaired) electrons. The third-order valence-electron chi connectivity index (χ3n) is 3.96. The van der Waals surface area contributed by atoms with Gasteiger partial charge in [-0.3, -0.25) is 9.67 Å². The van der Waals surface area contributed by atoms with E-state index >= 15 is 0 Å². The highest BCUT2D eigenvalue weighted by Gasteiger charge is 2.40. The van der Waals surface area contributed by atoms with Crippen LogP contribution in [0, 0.1) is 5.92 Å². The number of thioether (sulfide) groups is 1. The lowest BCUT2D eigenvalue weighted by Crippen LogP contribution is -2.47. The molecule has 3 rings (SSSR count). The van der Waals surface area contributed by atoms with Gasteiger partial charge in [-0.15, -0.1) is 0 Å². The summed E-state index contributed by atoms with van der Waals surface area (Å²) in [6.07, 6.45) is 6.99. The summed E-state index contributed by atoms with van der Waals surface area (Å²) in [5.41, 5.74) is 0.304. The van der Waals surface area contributed by atoms with Gasteiger partial charge in [-0.1, -0.05) is 31.5 Å². The summed E-state index contributed by atoms with van der Waals surface area (Å²) in [6, 6.07) is 0. The summed E-state index contributed by atoms with van der Waals surface area (Å²) in [5, 5.41) is 8.98. The SMILES string of the molecule is CC1CCCC2(CSC(=NCc3ncn(C)n3)N2)C1. The number of hydrogen-bond acceptors (Lipinski definition) is 4. The van der Waals surface area contributed by atoms with E-state index in [2.05, 4.69) is 27.3 Å². The molecule has 0 aromatic carbocycles. The Kier molecular flexibility index (Phi) is 3.52. The van der Waals surface area contributed by atoms with E-state index in [0.717, 1.165) is 22.7 Å². The molecule has 2 heterocycles. The molecule has 2 fully saturated rings. The molecule has 1 spiro atoms. The maximum absolute atomic E-state index is 4.61. The molecule has 1 aliphatic heterocycles. The number of nitrogens with zero attached hydrogens (tertiary/aromatic N) is 4. The van der Waals surface area contributed by atoms with Crippen molar-refractivity contribution >= 4 is 16.9 Å². The van der Waals surface area contributed by atoms with Crippen LogP contribution < -0.4 is 5.32 Å². The van der Waals surface area contributed by atoms with Crippen molar-refractivity contribution in [2.75, 3.05) is 5.75 Å². The first-order valence-corrected chi connectivity index (χ1v) is 7.94. The van der Waals surface area contributed by atoms with Crippen LogP contribution in [0.1, 0.15) is 38.4 Å². The first kappa shape index (κ1) is 13.0. The third kappa shape index (κ3) is 2.94. The number of aryl methyl sites for hydroxylation is 1. The Labute approximate surface area is 118 Å². The average molecular weight is 279 g/mol. The maximum atomic E-state index is 4.61. The lowest BCUT2D eigenvalue weighted by molar-refractivity contribution is 0.242. The van der Waals surface area contributed by atoms with Gasteiger partial charge >= 0.3 is 0 Å². The highest BCUT2D eigenvalue weighted by Crippen LogP contribution is 2.38. The molecular weight excluding hydrogens is 258 g/mol. The van der Waals surface area contributed by atoms with E-state index in [0.29, 0.717) is 12.1 Å². The Hall–Kier alpha value is -1.04. The molecule has 0 bridgehead atoms. The fourth-order valence-electron chi connectivity index (χ4n) is 3.09. The van der Waals surface area contributed by atoms with Crippen LogP contribution in [-0.2, 0) is 13.6 Å². The van der Waals surface area contributed by atoms with Crippen LogP contribution in [0.25, 0.3) is 0 Å². The highest BCUT2D eigenvalue weighted by molar-refractivity contribution is 8.14. The fraction of sp³-hybridized carbons (Fsp3) is 0.769. The van der Waals surface area contributed by atoms with Gasteiger partial charge in [0.2, 0.25) is 0 Å². The molecule has 6 heteroatoms. The molecule has 0 amide bonds. The average Bonchev–Trinajstić information content (AvgIpc) is 2.94. The molecular formula is C13H21N5S. The normalized spacial score (nSPS) is 32.9. The van der Waals surface area contributed by atoms with Gasteiger partial charge in [0.15, 0.2) is 11.0 Å². The predicted molar refractivity (Wildman–Crippen MR) is 78.1 cm³/mol. The molecule has 1 saturated carbocycles. The van der Waals surface area contributed by atoms with E-state index in [-0.39, 0.29) is 0 Å². The van der Waals surface area contributed by atoms with E-state index in [4.69, 9.17) is 0 Å². The topological polar surface area (TPSA) is 55.1 Å². The monoisotopic (exact) mass is 279 g/mol. The first-order valence-electron chi connectivity index (χ1n) is 6.95. The van der Waals surface area contributed by atoms with Crippen molar-refractivity contribution in [3.05, 3.63) is 12.2 Å². The molecule has 19 heavy (non-hydrogen) atoms. The van der Waals surface area contributed by atoms with Crippen molar-refractivity contribution < 1.29 is 0 Å². The van der Waals surface area contributed by atoms with Gasteiger partial charge in [0.25, 0.3) is 0 Å². The van der Waals surface area contributed by atoms with Gasteiger partial charge in [-0.2, -0.15) is 5.10 Å². The van der Waals surface area contributed by atoms with Crippen molar-refractivity contribution in [1.82, 2.24) is 20.1 Å². The lowest BCUT2D eigenvalue weighted by atomic mass is 9.78. The van der Waals surface area contributed by atoms with Crippen molar-refractivity contribution in [3.63, 3.8) is 0 Å². The standard InChI is InChI=1S/C13H21N5S/c1-10-4-3-5-13(6-10)8-19-12(16-13)14-7-11-15-9-18(2)17-11/h9-10H,3-8H2,1-2H3,(H,14,16). The van der Waals surface area contributed by atoms with Crippen molar-refractivity contribution in [2.24, 2.45) is 18.0 Å². The van der Waals surface area contributed by atoms with Crippen molar-refractivity contribution in [1.29, 1.82) is 0 Å². The second-order valence-corrected chi connectivity index (χ2v) is 6.82. The third-order valence-corrected chi connectivity index (χ3v) is 5.16. The van der Waals surface area contributed by atoms with Gasteiger partial charge in [-0.25, -0.2) is 4.98 Å². The van der Waals surface area contributed by atoms with E-state index in [1.807, 2.05) is 18.8 Å². The molecule has 1 aromatic rings. The quantitative estimate of drug-likeness (QED) is 0.899. The summed E-state index contributed by atoms with van der Waals surface area (Å²) >= 11 is 1.85. The Morgan fingerprint density at radius 2 is 2.53 bits per heavy atom. The van der Waals surface area contributed by atoms with Gasteiger partial charge < -0.3 is 5.32 Å². The number of hydrogen-bond donors (Lipinski definition) is 1. The van der Waals surface area contributed by atoms with Crippen LogP contribution in [0.2, 0.25) is 0 Å². The number of amidine groups is 1. The second-order valence-electron chi connectivity index (χ2n) is 5.85.